The Hall–Kier alpha value is -0.500. The Kier molecular flexibility index (Phi) is 26.4. The van der Waals surface area contributed by atoms with Gasteiger partial charge in [-0.1, -0.05) is 129 Å². The lowest BCUT2D eigenvalue weighted by molar-refractivity contribution is -0.123. The molecule has 0 aliphatic heterocycles. The Bertz CT molecular complexity index is 581. The molecular formula is C29H61N2O6P. The largest absolute Gasteiger partial charge is 0.472 e. The van der Waals surface area contributed by atoms with Gasteiger partial charge in [0.25, 0.3) is 0 Å². The molecule has 0 saturated carbocycles. The molecule has 8 nitrogen and oxygen atoms in total. The first kappa shape index (κ1) is 37.5. The first-order valence-electron chi connectivity index (χ1n) is 15.7. The van der Waals surface area contributed by atoms with Crippen LogP contribution in [0.15, 0.2) is 0 Å². The van der Waals surface area contributed by atoms with E-state index in [2.05, 4.69) is 19.2 Å². The van der Waals surface area contributed by atoms with Gasteiger partial charge in [-0.15, -0.1) is 0 Å². The minimum absolute atomic E-state index is 0.0914. The van der Waals surface area contributed by atoms with Gasteiger partial charge in [0, 0.05) is 13.0 Å². The van der Waals surface area contributed by atoms with Gasteiger partial charge in [0.05, 0.1) is 25.4 Å². The van der Waals surface area contributed by atoms with E-state index in [4.69, 9.17) is 14.8 Å². The molecule has 0 aliphatic carbocycles. The highest BCUT2D eigenvalue weighted by atomic mass is 31.2. The number of phosphoric ester groups is 1. The molecule has 0 heterocycles. The molecule has 0 fully saturated rings. The number of phosphoric acid groups is 1. The third-order valence-electron chi connectivity index (χ3n) is 6.96. The summed E-state index contributed by atoms with van der Waals surface area (Å²) in [6, 6.07) is -0.762. The number of aliphatic hydroxyl groups excluding tert-OH is 1. The van der Waals surface area contributed by atoms with Crippen molar-refractivity contribution in [3.63, 3.8) is 0 Å². The van der Waals surface area contributed by atoms with Crippen LogP contribution in [0.1, 0.15) is 149 Å². The minimum Gasteiger partial charge on any atom is -0.391 e. The van der Waals surface area contributed by atoms with Crippen LogP contribution in [0.3, 0.4) is 0 Å². The van der Waals surface area contributed by atoms with Gasteiger partial charge in [-0.3, -0.25) is 13.8 Å². The normalized spacial score (nSPS) is 14.8. The van der Waals surface area contributed by atoms with Gasteiger partial charge >= 0.3 is 7.82 Å². The molecule has 0 spiro atoms. The van der Waals surface area contributed by atoms with E-state index in [1.165, 1.54) is 83.5 Å². The van der Waals surface area contributed by atoms with E-state index in [0.29, 0.717) is 12.8 Å². The maximum atomic E-state index is 12.5. The minimum atomic E-state index is -4.29. The van der Waals surface area contributed by atoms with Crippen molar-refractivity contribution < 1.29 is 28.4 Å². The summed E-state index contributed by atoms with van der Waals surface area (Å²) in [6.45, 7) is 4.13. The van der Waals surface area contributed by atoms with Crippen molar-refractivity contribution in [3.05, 3.63) is 0 Å². The summed E-state index contributed by atoms with van der Waals surface area (Å²) in [4.78, 5) is 22.3. The van der Waals surface area contributed by atoms with E-state index in [-0.39, 0.29) is 25.7 Å². The molecule has 5 N–H and O–H groups in total. The predicted molar refractivity (Wildman–Crippen MR) is 157 cm³/mol. The van der Waals surface area contributed by atoms with Crippen LogP contribution >= 0.6 is 7.82 Å². The van der Waals surface area contributed by atoms with Crippen LogP contribution in [0.2, 0.25) is 0 Å². The van der Waals surface area contributed by atoms with Crippen molar-refractivity contribution >= 4 is 13.7 Å². The maximum absolute atomic E-state index is 12.5. The third kappa shape index (κ3) is 24.5. The molecule has 0 rings (SSSR count). The summed E-state index contributed by atoms with van der Waals surface area (Å²) in [5.74, 6) is -0.170. The van der Waals surface area contributed by atoms with Crippen LogP contribution in [0.25, 0.3) is 0 Å². The van der Waals surface area contributed by atoms with E-state index >= 15 is 0 Å². The summed E-state index contributed by atoms with van der Waals surface area (Å²) in [5.41, 5.74) is 5.32. The fraction of sp³-hybridized carbons (Fsp3) is 0.966. The number of hydrogen-bond donors (Lipinski definition) is 4. The molecule has 0 aromatic rings. The Morgan fingerprint density at radius 3 is 1.68 bits per heavy atom. The number of rotatable bonds is 29. The molecular weight excluding hydrogens is 503 g/mol. The molecule has 38 heavy (non-hydrogen) atoms. The number of carbonyl (C=O) groups is 1. The summed E-state index contributed by atoms with van der Waals surface area (Å²) >= 11 is 0. The first-order valence-corrected chi connectivity index (χ1v) is 17.1. The van der Waals surface area contributed by atoms with Crippen LogP contribution in [0.5, 0.6) is 0 Å². The summed E-state index contributed by atoms with van der Waals surface area (Å²) < 4.78 is 21.9. The Morgan fingerprint density at radius 1 is 0.763 bits per heavy atom. The highest BCUT2D eigenvalue weighted by Gasteiger charge is 2.27. The fourth-order valence-electron chi connectivity index (χ4n) is 4.55. The number of hydrogen-bond acceptors (Lipinski definition) is 6. The Balaban J connectivity index is 4.33. The van der Waals surface area contributed by atoms with Crippen LogP contribution in [-0.2, 0) is 18.4 Å². The van der Waals surface area contributed by atoms with Crippen LogP contribution < -0.4 is 11.1 Å². The van der Waals surface area contributed by atoms with Gasteiger partial charge in [0.15, 0.2) is 0 Å². The number of unbranched alkanes of at least 4 members (excludes halogenated alkanes) is 17. The van der Waals surface area contributed by atoms with Crippen molar-refractivity contribution in [2.45, 2.75) is 161 Å². The van der Waals surface area contributed by atoms with Crippen molar-refractivity contribution in [2.75, 3.05) is 19.8 Å². The van der Waals surface area contributed by atoms with Gasteiger partial charge < -0.3 is 21.1 Å². The zero-order chi connectivity index (χ0) is 28.3. The second-order valence-electron chi connectivity index (χ2n) is 10.7. The monoisotopic (exact) mass is 564 g/mol. The number of nitrogens with two attached hydrogens (primary N) is 1. The van der Waals surface area contributed by atoms with Gasteiger partial charge in [0.2, 0.25) is 5.91 Å². The van der Waals surface area contributed by atoms with Crippen molar-refractivity contribution in [3.8, 4) is 0 Å². The van der Waals surface area contributed by atoms with Crippen LogP contribution in [0, 0.1) is 0 Å². The van der Waals surface area contributed by atoms with E-state index in [1.807, 2.05) is 0 Å². The molecule has 1 unspecified atom stereocenters. The second-order valence-corrected chi connectivity index (χ2v) is 12.1. The summed E-state index contributed by atoms with van der Waals surface area (Å²) in [6.07, 6.45) is 22.6. The van der Waals surface area contributed by atoms with E-state index in [1.54, 1.807) is 0 Å². The SMILES string of the molecule is CCCCCCCCCCCCCC[C@@H](O)[C@H](COP(=O)(O)OCCN)NC(=O)CCCCCCCCC. The molecule has 3 atom stereocenters. The van der Waals surface area contributed by atoms with E-state index < -0.39 is 20.0 Å². The highest BCUT2D eigenvalue weighted by Crippen LogP contribution is 2.43. The number of amides is 1. The van der Waals surface area contributed by atoms with Gasteiger partial charge in [-0.25, -0.2) is 4.57 Å². The van der Waals surface area contributed by atoms with Crippen molar-refractivity contribution in [2.24, 2.45) is 5.73 Å². The Morgan fingerprint density at radius 2 is 1.21 bits per heavy atom. The number of nitrogens with one attached hydrogen (secondary N) is 1. The zero-order valence-corrected chi connectivity index (χ0v) is 25.6. The fourth-order valence-corrected chi connectivity index (χ4v) is 5.31. The standard InChI is InChI=1S/C29H61N2O6P/c1-3-5-7-9-11-12-13-14-15-17-18-20-22-28(32)27(26-37-38(34,35)36-25-24-30)31-29(33)23-21-19-16-10-8-6-4-2/h27-28,32H,3-26,30H2,1-2H3,(H,31,33)(H,34,35)/t27-,28+/m0/s1. The van der Waals surface area contributed by atoms with Crippen LogP contribution in [-0.4, -0.2) is 47.8 Å². The quantitative estimate of drug-likeness (QED) is 0.0560. The molecule has 0 aromatic heterocycles. The smallest absolute Gasteiger partial charge is 0.391 e. The van der Waals surface area contributed by atoms with Gasteiger partial charge in [-0.05, 0) is 12.8 Å². The van der Waals surface area contributed by atoms with E-state index in [9.17, 15) is 19.4 Å². The molecule has 228 valence electrons. The Labute approximate surface area is 233 Å². The predicted octanol–water partition coefficient (Wildman–Crippen LogP) is 7.16. The molecule has 0 aromatic carbocycles. The lowest BCUT2D eigenvalue weighted by atomic mass is 10.0. The molecule has 9 heteroatoms. The molecule has 0 radical (unpaired) electrons. The van der Waals surface area contributed by atoms with Gasteiger partial charge in [0.1, 0.15) is 0 Å². The van der Waals surface area contributed by atoms with Gasteiger partial charge in [-0.2, -0.15) is 0 Å². The topological polar surface area (TPSA) is 131 Å². The summed E-state index contributed by atoms with van der Waals surface area (Å²) in [7, 11) is -4.29. The lowest BCUT2D eigenvalue weighted by Crippen LogP contribution is -2.46. The van der Waals surface area contributed by atoms with Crippen LogP contribution in [0.4, 0.5) is 0 Å². The molecule has 0 saturated heterocycles. The average Bonchev–Trinajstić information content (AvgIpc) is 2.89. The second kappa shape index (κ2) is 26.7. The van der Waals surface area contributed by atoms with Crippen molar-refractivity contribution in [1.82, 2.24) is 5.32 Å². The number of carbonyl (C=O) groups excluding carboxylic acids is 1. The molecule has 0 bridgehead atoms. The summed E-state index contributed by atoms with van der Waals surface area (Å²) in [5, 5.41) is 13.6. The molecule has 0 aliphatic rings. The first-order chi connectivity index (χ1) is 18.4. The van der Waals surface area contributed by atoms with Crippen molar-refractivity contribution in [1.29, 1.82) is 0 Å². The zero-order valence-electron chi connectivity index (χ0n) is 24.7. The number of aliphatic hydroxyl groups is 1. The lowest BCUT2D eigenvalue weighted by Gasteiger charge is -2.25. The third-order valence-corrected chi connectivity index (χ3v) is 7.95. The average molecular weight is 565 g/mol. The van der Waals surface area contributed by atoms with E-state index in [0.717, 1.165) is 38.5 Å². The maximum Gasteiger partial charge on any atom is 0.472 e. The highest BCUT2D eigenvalue weighted by molar-refractivity contribution is 7.47. The molecule has 1 amide bonds.